The zero-order valence-corrected chi connectivity index (χ0v) is 13.2. The molecule has 1 heterocycles. The van der Waals surface area contributed by atoms with Crippen LogP contribution in [0.15, 0.2) is 71.3 Å². The summed E-state index contributed by atoms with van der Waals surface area (Å²) in [6, 6.07) is 18.7. The van der Waals surface area contributed by atoms with Crippen molar-refractivity contribution in [1.29, 1.82) is 0 Å². The lowest BCUT2D eigenvalue weighted by molar-refractivity contribution is -0.116. The number of carbonyl (C=O) groups is 1. The van der Waals surface area contributed by atoms with Gasteiger partial charge in [-0.3, -0.25) is 4.79 Å². The van der Waals surface area contributed by atoms with Crippen LogP contribution in [0.25, 0.3) is 0 Å². The Morgan fingerprint density at radius 3 is 2.48 bits per heavy atom. The Morgan fingerprint density at radius 1 is 1.05 bits per heavy atom. The molecule has 0 fully saturated rings. The number of halogens is 1. The molecule has 0 aliphatic carbocycles. The predicted molar refractivity (Wildman–Crippen MR) is 87.6 cm³/mol. The fourth-order valence-electron chi connectivity index (χ4n) is 2.61. The first-order chi connectivity index (χ1) is 10.2. The van der Waals surface area contributed by atoms with Crippen LogP contribution in [-0.2, 0) is 11.3 Å². The van der Waals surface area contributed by atoms with Crippen LogP contribution in [0.2, 0.25) is 0 Å². The molecule has 21 heavy (non-hydrogen) atoms. The van der Waals surface area contributed by atoms with Crippen molar-refractivity contribution < 1.29 is 4.79 Å². The van der Waals surface area contributed by atoms with Crippen LogP contribution in [0.3, 0.4) is 0 Å². The van der Waals surface area contributed by atoms with E-state index in [9.17, 15) is 4.79 Å². The van der Waals surface area contributed by atoms with Gasteiger partial charge in [-0.2, -0.15) is 0 Å². The maximum absolute atomic E-state index is 11.8. The third-order valence-corrected chi connectivity index (χ3v) is 4.24. The van der Waals surface area contributed by atoms with Crippen molar-refractivity contribution in [2.24, 2.45) is 0 Å². The number of hydrogen-bond acceptors (Lipinski definition) is 2. The minimum Gasteiger partial charge on any atom is -0.366 e. The molecule has 1 atom stereocenters. The SMILES string of the molecule is O=C1C=CN(Cc2ccccc2)C(c2ccc(Br)cc2)C1. The average Bonchev–Trinajstić information content (AvgIpc) is 2.51. The lowest BCUT2D eigenvalue weighted by Crippen LogP contribution is -2.28. The van der Waals surface area contributed by atoms with Crippen molar-refractivity contribution in [3.8, 4) is 0 Å². The van der Waals surface area contributed by atoms with Gasteiger partial charge in [-0.1, -0.05) is 58.4 Å². The molecular formula is C18H16BrNO. The number of benzene rings is 2. The molecule has 0 N–H and O–H groups in total. The van der Waals surface area contributed by atoms with Crippen molar-refractivity contribution in [1.82, 2.24) is 4.90 Å². The van der Waals surface area contributed by atoms with Crippen LogP contribution in [0.1, 0.15) is 23.6 Å². The van der Waals surface area contributed by atoms with Crippen molar-refractivity contribution >= 4 is 21.7 Å². The van der Waals surface area contributed by atoms with E-state index < -0.39 is 0 Å². The third kappa shape index (κ3) is 3.42. The summed E-state index contributed by atoms with van der Waals surface area (Å²) in [6.07, 6.45) is 4.13. The highest BCUT2D eigenvalue weighted by Gasteiger charge is 2.24. The fourth-order valence-corrected chi connectivity index (χ4v) is 2.87. The van der Waals surface area contributed by atoms with Gasteiger partial charge in [0.15, 0.2) is 5.78 Å². The molecule has 2 aromatic rings. The van der Waals surface area contributed by atoms with Gasteiger partial charge in [0.1, 0.15) is 0 Å². The number of nitrogens with zero attached hydrogens (tertiary/aromatic N) is 1. The number of carbonyl (C=O) groups excluding carboxylic acids is 1. The van der Waals surface area contributed by atoms with Crippen LogP contribution in [0.4, 0.5) is 0 Å². The maximum Gasteiger partial charge on any atom is 0.159 e. The Morgan fingerprint density at radius 2 is 1.76 bits per heavy atom. The van der Waals surface area contributed by atoms with E-state index in [1.165, 1.54) is 11.1 Å². The zero-order chi connectivity index (χ0) is 14.7. The van der Waals surface area contributed by atoms with E-state index in [0.29, 0.717) is 6.42 Å². The summed E-state index contributed by atoms with van der Waals surface area (Å²) >= 11 is 3.46. The van der Waals surface area contributed by atoms with E-state index in [2.05, 4.69) is 45.1 Å². The predicted octanol–water partition coefficient (Wildman–Crippen LogP) is 4.48. The van der Waals surface area contributed by atoms with Gasteiger partial charge in [-0.15, -0.1) is 0 Å². The van der Waals surface area contributed by atoms with Gasteiger partial charge in [-0.05, 0) is 29.3 Å². The van der Waals surface area contributed by atoms with Gasteiger partial charge in [-0.25, -0.2) is 0 Å². The monoisotopic (exact) mass is 341 g/mol. The summed E-state index contributed by atoms with van der Waals surface area (Å²) < 4.78 is 1.05. The van der Waals surface area contributed by atoms with E-state index in [1.54, 1.807) is 6.08 Å². The molecule has 3 heteroatoms. The lowest BCUT2D eigenvalue weighted by atomic mass is 9.97. The van der Waals surface area contributed by atoms with Gasteiger partial charge in [0.05, 0.1) is 6.04 Å². The molecule has 2 aromatic carbocycles. The number of allylic oxidation sites excluding steroid dienone is 1. The number of rotatable bonds is 3. The highest BCUT2D eigenvalue weighted by Crippen LogP contribution is 2.30. The topological polar surface area (TPSA) is 20.3 Å². The first-order valence-corrected chi connectivity index (χ1v) is 7.78. The molecule has 0 saturated carbocycles. The van der Waals surface area contributed by atoms with Crippen LogP contribution < -0.4 is 0 Å². The van der Waals surface area contributed by atoms with E-state index in [-0.39, 0.29) is 11.8 Å². The molecule has 1 aliphatic heterocycles. The summed E-state index contributed by atoms with van der Waals surface area (Å²) in [5.74, 6) is 0.187. The second-order valence-corrected chi connectivity index (χ2v) is 6.13. The molecule has 0 spiro atoms. The van der Waals surface area contributed by atoms with Gasteiger partial charge < -0.3 is 4.90 Å². The Labute approximate surface area is 133 Å². The summed E-state index contributed by atoms with van der Waals surface area (Å²) in [5.41, 5.74) is 2.42. The van der Waals surface area contributed by atoms with Gasteiger partial charge in [0.2, 0.25) is 0 Å². The smallest absolute Gasteiger partial charge is 0.159 e. The molecular weight excluding hydrogens is 326 g/mol. The average molecular weight is 342 g/mol. The van der Waals surface area contributed by atoms with Gasteiger partial charge >= 0.3 is 0 Å². The Balaban J connectivity index is 1.87. The molecule has 0 saturated heterocycles. The molecule has 0 amide bonds. The second kappa shape index (κ2) is 6.27. The van der Waals surface area contributed by atoms with Crippen LogP contribution in [-0.4, -0.2) is 10.7 Å². The Bertz CT molecular complexity index is 649. The zero-order valence-electron chi connectivity index (χ0n) is 11.6. The summed E-state index contributed by atoms with van der Waals surface area (Å²) in [4.78, 5) is 14.0. The minimum atomic E-state index is 0.107. The Kier molecular flexibility index (Phi) is 4.20. The highest BCUT2D eigenvalue weighted by molar-refractivity contribution is 9.10. The van der Waals surface area contributed by atoms with Crippen molar-refractivity contribution in [2.75, 3.05) is 0 Å². The standard InChI is InChI=1S/C18H16BrNO/c19-16-8-6-15(7-9-16)18-12-17(21)10-11-20(18)13-14-4-2-1-3-5-14/h1-11,18H,12-13H2. The van der Waals surface area contributed by atoms with Crippen LogP contribution in [0.5, 0.6) is 0 Å². The first-order valence-electron chi connectivity index (χ1n) is 6.98. The minimum absolute atomic E-state index is 0.107. The molecule has 1 aliphatic rings. The molecule has 0 radical (unpaired) electrons. The van der Waals surface area contributed by atoms with Gasteiger partial charge in [0.25, 0.3) is 0 Å². The van der Waals surface area contributed by atoms with Crippen LogP contribution in [0, 0.1) is 0 Å². The normalized spacial score (nSPS) is 18.0. The van der Waals surface area contributed by atoms with E-state index >= 15 is 0 Å². The highest BCUT2D eigenvalue weighted by atomic mass is 79.9. The Hall–Kier alpha value is -1.87. The summed E-state index contributed by atoms with van der Waals surface area (Å²) in [6.45, 7) is 0.811. The lowest BCUT2D eigenvalue weighted by Gasteiger charge is -2.33. The van der Waals surface area contributed by atoms with E-state index in [4.69, 9.17) is 0 Å². The van der Waals surface area contributed by atoms with E-state index in [0.717, 1.165) is 11.0 Å². The van der Waals surface area contributed by atoms with Crippen LogP contribution >= 0.6 is 15.9 Å². The molecule has 0 aromatic heterocycles. The number of hydrogen-bond donors (Lipinski definition) is 0. The largest absolute Gasteiger partial charge is 0.366 e. The van der Waals surface area contributed by atoms with Crippen molar-refractivity contribution in [3.05, 3.63) is 82.5 Å². The maximum atomic E-state index is 11.8. The summed E-state index contributed by atoms with van der Waals surface area (Å²) in [5, 5.41) is 0. The molecule has 3 rings (SSSR count). The quantitative estimate of drug-likeness (QED) is 0.820. The molecule has 2 nitrogen and oxygen atoms in total. The first kappa shape index (κ1) is 14.1. The van der Waals surface area contributed by atoms with E-state index in [1.807, 2.05) is 36.5 Å². The van der Waals surface area contributed by atoms with Gasteiger partial charge in [0, 0.05) is 23.6 Å². The molecule has 1 unspecified atom stereocenters. The molecule has 106 valence electrons. The molecule has 0 bridgehead atoms. The number of ketones is 1. The van der Waals surface area contributed by atoms with Crippen molar-refractivity contribution in [3.63, 3.8) is 0 Å². The third-order valence-electron chi connectivity index (χ3n) is 3.71. The fraction of sp³-hybridized carbons (Fsp3) is 0.167. The van der Waals surface area contributed by atoms with Crippen molar-refractivity contribution in [2.45, 2.75) is 19.0 Å². The second-order valence-electron chi connectivity index (χ2n) is 5.21. The summed E-state index contributed by atoms with van der Waals surface area (Å²) in [7, 11) is 0.